The molecule has 0 bridgehead atoms. The molecule has 0 atom stereocenters. The topological polar surface area (TPSA) is 12.4 Å². The number of nitrogens with zero attached hydrogens (tertiary/aromatic N) is 1. The Kier molecular flexibility index (Phi) is 4.06. The van der Waals surface area contributed by atoms with Crippen molar-refractivity contribution in [2.45, 2.75) is 20.8 Å². The van der Waals surface area contributed by atoms with Gasteiger partial charge in [-0.25, -0.2) is 0 Å². The maximum Gasteiger partial charge on any atom is 0.0642 e. The minimum atomic E-state index is 0.779. The van der Waals surface area contributed by atoms with Gasteiger partial charge in [0.15, 0.2) is 0 Å². The van der Waals surface area contributed by atoms with Crippen LogP contribution in [0.3, 0.4) is 0 Å². The molecule has 0 heterocycles. The Morgan fingerprint density at radius 2 is 1.89 bits per heavy atom. The van der Waals surface area contributed by atoms with Crippen LogP contribution in [0.4, 0.5) is 0 Å². The van der Waals surface area contributed by atoms with Crippen molar-refractivity contribution in [3.63, 3.8) is 0 Å². The summed E-state index contributed by atoms with van der Waals surface area (Å²) in [5.74, 6) is 0. The third kappa shape index (κ3) is 2.57. The number of aliphatic imine (C=N–C) groups is 1. The van der Waals surface area contributed by atoms with Gasteiger partial charge in [-0.2, -0.15) is 0 Å². The molecule has 19 heavy (non-hydrogen) atoms. The first-order valence-corrected chi connectivity index (χ1v) is 6.75. The lowest BCUT2D eigenvalue weighted by atomic mass is 9.86. The van der Waals surface area contributed by atoms with Crippen LogP contribution in [-0.2, 0) is 0 Å². The van der Waals surface area contributed by atoms with E-state index in [0.29, 0.717) is 0 Å². The number of rotatable bonds is 1. The Morgan fingerprint density at radius 1 is 1.16 bits per heavy atom. The molecular weight excluding hydrogens is 254 g/mol. The summed E-state index contributed by atoms with van der Waals surface area (Å²) in [4.78, 5) is 4.32. The number of benzene rings is 1. The molecule has 98 valence electrons. The van der Waals surface area contributed by atoms with Gasteiger partial charge in [-0.3, -0.25) is 4.99 Å². The molecule has 2 heteroatoms. The minimum Gasteiger partial charge on any atom is -0.288 e. The van der Waals surface area contributed by atoms with E-state index in [1.807, 2.05) is 19.2 Å². The van der Waals surface area contributed by atoms with Gasteiger partial charge in [0.25, 0.3) is 0 Å². The standard InChI is InChI=1S/C17H18ClN/c1-5-14-12(3)16(8-9-17(14)19-4)15-7-6-13(18)10-11(15)2/h5-10H,1-4H3/b14-5-,19-17-. The molecule has 0 N–H and O–H groups in total. The number of hydrogen-bond acceptors (Lipinski definition) is 1. The monoisotopic (exact) mass is 271 g/mol. The summed E-state index contributed by atoms with van der Waals surface area (Å²) in [6.07, 6.45) is 6.33. The molecule has 2 rings (SSSR count). The lowest BCUT2D eigenvalue weighted by Gasteiger charge is -2.19. The van der Waals surface area contributed by atoms with Crippen LogP contribution in [0.2, 0.25) is 5.02 Å². The summed E-state index contributed by atoms with van der Waals surface area (Å²) in [7, 11) is 1.83. The predicted molar refractivity (Wildman–Crippen MR) is 85.0 cm³/mol. The molecular formula is C17H18ClN. The van der Waals surface area contributed by atoms with Crippen molar-refractivity contribution in [1.29, 1.82) is 0 Å². The first kappa shape index (κ1) is 13.8. The summed E-state index contributed by atoms with van der Waals surface area (Å²) in [5, 5.41) is 0.779. The van der Waals surface area contributed by atoms with E-state index in [1.165, 1.54) is 27.8 Å². The highest BCUT2D eigenvalue weighted by Crippen LogP contribution is 2.32. The molecule has 0 saturated carbocycles. The van der Waals surface area contributed by atoms with Crippen molar-refractivity contribution in [1.82, 2.24) is 0 Å². The third-order valence-corrected chi connectivity index (χ3v) is 3.74. The lowest BCUT2D eigenvalue weighted by Crippen LogP contribution is -2.07. The second-order valence-electron chi connectivity index (χ2n) is 4.64. The molecule has 0 spiro atoms. The quantitative estimate of drug-likeness (QED) is 0.681. The van der Waals surface area contributed by atoms with Gasteiger partial charge < -0.3 is 0 Å². The highest BCUT2D eigenvalue weighted by Gasteiger charge is 2.16. The first-order chi connectivity index (χ1) is 9.08. The zero-order chi connectivity index (χ0) is 14.0. The van der Waals surface area contributed by atoms with Crippen LogP contribution in [0.5, 0.6) is 0 Å². The number of halogens is 1. The Morgan fingerprint density at radius 3 is 2.47 bits per heavy atom. The molecule has 1 aromatic carbocycles. The van der Waals surface area contributed by atoms with E-state index in [-0.39, 0.29) is 0 Å². The fraction of sp³-hybridized carbons (Fsp3) is 0.235. The van der Waals surface area contributed by atoms with Crippen molar-refractivity contribution in [2.24, 2.45) is 4.99 Å². The average molecular weight is 272 g/mol. The first-order valence-electron chi connectivity index (χ1n) is 6.37. The van der Waals surface area contributed by atoms with E-state index in [0.717, 1.165) is 10.7 Å². The highest BCUT2D eigenvalue weighted by molar-refractivity contribution is 6.30. The van der Waals surface area contributed by atoms with Crippen molar-refractivity contribution in [3.05, 3.63) is 63.7 Å². The van der Waals surface area contributed by atoms with E-state index in [4.69, 9.17) is 11.6 Å². The van der Waals surface area contributed by atoms with E-state index in [9.17, 15) is 0 Å². The largest absolute Gasteiger partial charge is 0.288 e. The molecule has 1 aliphatic rings. The van der Waals surface area contributed by atoms with E-state index in [1.54, 1.807) is 0 Å². The summed E-state index contributed by atoms with van der Waals surface area (Å²) < 4.78 is 0. The van der Waals surface area contributed by atoms with E-state index in [2.05, 4.69) is 50.1 Å². The van der Waals surface area contributed by atoms with Gasteiger partial charge in [0, 0.05) is 12.1 Å². The van der Waals surface area contributed by atoms with Gasteiger partial charge in [-0.15, -0.1) is 0 Å². The Balaban J connectivity index is 2.60. The van der Waals surface area contributed by atoms with Crippen LogP contribution in [-0.4, -0.2) is 12.8 Å². The molecule has 0 fully saturated rings. The average Bonchev–Trinajstić information content (AvgIpc) is 2.39. The lowest BCUT2D eigenvalue weighted by molar-refractivity contribution is 1.35. The fourth-order valence-electron chi connectivity index (χ4n) is 2.49. The minimum absolute atomic E-state index is 0.779. The van der Waals surface area contributed by atoms with Crippen LogP contribution in [0.25, 0.3) is 5.57 Å². The predicted octanol–water partition coefficient (Wildman–Crippen LogP) is 5.01. The second-order valence-corrected chi connectivity index (χ2v) is 5.08. The molecule has 0 saturated heterocycles. The van der Waals surface area contributed by atoms with E-state index >= 15 is 0 Å². The van der Waals surface area contributed by atoms with Gasteiger partial charge in [-0.05, 0) is 66.8 Å². The van der Waals surface area contributed by atoms with Crippen LogP contribution < -0.4 is 0 Å². The number of allylic oxidation sites excluding steroid dienone is 6. The molecule has 0 unspecified atom stereocenters. The highest BCUT2D eigenvalue weighted by atomic mass is 35.5. The SMILES string of the molecule is C/C=C1/C(C)=C(c2ccc(Cl)cc2C)C=C/C1=N/C. The van der Waals surface area contributed by atoms with Crippen molar-refractivity contribution in [3.8, 4) is 0 Å². The number of hydrogen-bond donors (Lipinski definition) is 0. The molecule has 1 aliphatic carbocycles. The van der Waals surface area contributed by atoms with Crippen molar-refractivity contribution < 1.29 is 0 Å². The van der Waals surface area contributed by atoms with E-state index < -0.39 is 0 Å². The normalized spacial score (nSPS) is 19.6. The molecule has 0 radical (unpaired) electrons. The molecule has 0 aromatic heterocycles. The van der Waals surface area contributed by atoms with Gasteiger partial charge >= 0.3 is 0 Å². The van der Waals surface area contributed by atoms with Crippen molar-refractivity contribution in [2.75, 3.05) is 7.05 Å². The van der Waals surface area contributed by atoms with Crippen LogP contribution in [0.1, 0.15) is 25.0 Å². The van der Waals surface area contributed by atoms with Crippen LogP contribution in [0.15, 0.2) is 52.6 Å². The Bertz CT molecular complexity index is 631. The summed E-state index contributed by atoms with van der Waals surface area (Å²) in [6, 6.07) is 6.03. The molecule has 1 nitrogen and oxygen atoms in total. The smallest absolute Gasteiger partial charge is 0.0642 e. The Hall–Kier alpha value is -1.60. The van der Waals surface area contributed by atoms with Gasteiger partial charge in [0.1, 0.15) is 0 Å². The van der Waals surface area contributed by atoms with Gasteiger partial charge in [-0.1, -0.05) is 29.8 Å². The zero-order valence-corrected chi connectivity index (χ0v) is 12.5. The third-order valence-electron chi connectivity index (χ3n) is 3.50. The number of aryl methyl sites for hydroxylation is 1. The molecule has 1 aromatic rings. The Labute approximate surface area is 120 Å². The maximum atomic E-state index is 6.03. The molecule has 0 amide bonds. The summed E-state index contributed by atoms with van der Waals surface area (Å²) >= 11 is 6.03. The zero-order valence-electron chi connectivity index (χ0n) is 11.8. The summed E-state index contributed by atoms with van der Waals surface area (Å²) in [6.45, 7) is 6.29. The van der Waals surface area contributed by atoms with Crippen LogP contribution >= 0.6 is 11.6 Å². The molecule has 0 aliphatic heterocycles. The van der Waals surface area contributed by atoms with Gasteiger partial charge in [0.2, 0.25) is 0 Å². The van der Waals surface area contributed by atoms with Crippen molar-refractivity contribution >= 4 is 22.9 Å². The fourth-order valence-corrected chi connectivity index (χ4v) is 2.72. The maximum absolute atomic E-state index is 6.03. The second kappa shape index (κ2) is 5.58. The van der Waals surface area contributed by atoms with Gasteiger partial charge in [0.05, 0.1) is 5.71 Å². The van der Waals surface area contributed by atoms with Crippen LogP contribution in [0, 0.1) is 6.92 Å². The summed E-state index contributed by atoms with van der Waals surface area (Å²) in [5.41, 5.74) is 7.17.